The predicted octanol–water partition coefficient (Wildman–Crippen LogP) is 0.927. The summed E-state index contributed by atoms with van der Waals surface area (Å²) in [5.41, 5.74) is 2.38. The molecule has 0 aromatic carbocycles. The van der Waals surface area contributed by atoms with Crippen molar-refractivity contribution in [3.8, 4) is 0 Å². The Kier molecular flexibility index (Phi) is 4.83. The molecular weight excluding hydrogens is 264 g/mol. The standard InChI is InChI=1S/C16H26N4O/c1-13-2-5-19(6-3-13)9-15(21)10-20-7-4-14-8-17-12-18-16(14)11-20/h8,12-13,15,21H,2-7,9-11H2,1H3/t15-/m1/s1. The monoisotopic (exact) mass is 290 g/mol. The third-order valence-electron chi connectivity index (χ3n) is 4.77. The molecule has 5 heteroatoms. The van der Waals surface area contributed by atoms with E-state index in [1.54, 1.807) is 6.33 Å². The number of piperidine rings is 1. The summed E-state index contributed by atoms with van der Waals surface area (Å²) in [6.07, 6.45) is 6.80. The number of rotatable bonds is 4. The van der Waals surface area contributed by atoms with Crippen molar-refractivity contribution >= 4 is 0 Å². The third kappa shape index (κ3) is 3.99. The molecule has 0 radical (unpaired) electrons. The fourth-order valence-electron chi connectivity index (χ4n) is 3.36. The maximum atomic E-state index is 10.4. The topological polar surface area (TPSA) is 52.5 Å². The highest BCUT2D eigenvalue weighted by Crippen LogP contribution is 2.18. The summed E-state index contributed by atoms with van der Waals surface area (Å²) in [7, 11) is 0. The van der Waals surface area contributed by atoms with Crippen LogP contribution in [-0.4, -0.2) is 63.7 Å². The molecule has 0 bridgehead atoms. The number of aromatic nitrogens is 2. The first-order chi connectivity index (χ1) is 10.2. The van der Waals surface area contributed by atoms with Gasteiger partial charge in [0.05, 0.1) is 11.8 Å². The molecule has 2 aliphatic heterocycles. The Bertz CT molecular complexity index is 459. The van der Waals surface area contributed by atoms with Crippen LogP contribution < -0.4 is 0 Å². The molecule has 1 aromatic rings. The molecule has 0 unspecified atom stereocenters. The fourth-order valence-corrected chi connectivity index (χ4v) is 3.36. The van der Waals surface area contributed by atoms with E-state index >= 15 is 0 Å². The molecule has 116 valence electrons. The molecule has 0 spiro atoms. The van der Waals surface area contributed by atoms with Gasteiger partial charge in [-0.05, 0) is 43.8 Å². The van der Waals surface area contributed by atoms with Gasteiger partial charge in [0.2, 0.25) is 0 Å². The van der Waals surface area contributed by atoms with Gasteiger partial charge < -0.3 is 10.0 Å². The molecule has 3 heterocycles. The Labute approximate surface area is 127 Å². The van der Waals surface area contributed by atoms with E-state index in [9.17, 15) is 5.11 Å². The largest absolute Gasteiger partial charge is 0.390 e. The highest BCUT2D eigenvalue weighted by atomic mass is 16.3. The van der Waals surface area contributed by atoms with Gasteiger partial charge in [0.25, 0.3) is 0 Å². The number of likely N-dealkylation sites (tertiary alicyclic amines) is 1. The van der Waals surface area contributed by atoms with E-state index in [-0.39, 0.29) is 6.10 Å². The number of aliphatic hydroxyl groups excluding tert-OH is 1. The SMILES string of the molecule is CC1CCN(C[C@@H](O)CN2CCc3cncnc3C2)CC1. The first-order valence-electron chi connectivity index (χ1n) is 8.11. The number of nitrogens with zero attached hydrogens (tertiary/aromatic N) is 4. The lowest BCUT2D eigenvalue weighted by Gasteiger charge is -2.34. The van der Waals surface area contributed by atoms with Crippen LogP contribution in [0.25, 0.3) is 0 Å². The summed E-state index contributed by atoms with van der Waals surface area (Å²) < 4.78 is 0. The van der Waals surface area contributed by atoms with Gasteiger partial charge in [-0.1, -0.05) is 6.92 Å². The molecule has 0 aliphatic carbocycles. The van der Waals surface area contributed by atoms with Crippen molar-refractivity contribution in [2.24, 2.45) is 5.92 Å². The zero-order chi connectivity index (χ0) is 14.7. The summed E-state index contributed by atoms with van der Waals surface area (Å²) in [4.78, 5) is 13.2. The Balaban J connectivity index is 1.46. The van der Waals surface area contributed by atoms with E-state index in [0.717, 1.165) is 57.3 Å². The Morgan fingerprint density at radius 1 is 1.24 bits per heavy atom. The minimum absolute atomic E-state index is 0.262. The smallest absolute Gasteiger partial charge is 0.115 e. The second-order valence-electron chi connectivity index (χ2n) is 6.62. The Morgan fingerprint density at radius 3 is 2.81 bits per heavy atom. The quantitative estimate of drug-likeness (QED) is 0.894. The fraction of sp³-hybridized carbons (Fsp3) is 0.750. The predicted molar refractivity (Wildman–Crippen MR) is 81.9 cm³/mol. The van der Waals surface area contributed by atoms with Crippen LogP contribution in [0.1, 0.15) is 31.0 Å². The van der Waals surface area contributed by atoms with E-state index in [1.807, 2.05) is 6.20 Å². The van der Waals surface area contributed by atoms with Gasteiger partial charge in [-0.3, -0.25) is 4.90 Å². The molecule has 2 aliphatic rings. The second-order valence-corrected chi connectivity index (χ2v) is 6.62. The van der Waals surface area contributed by atoms with Crippen molar-refractivity contribution in [2.45, 2.75) is 38.8 Å². The molecule has 3 rings (SSSR count). The van der Waals surface area contributed by atoms with E-state index in [0.29, 0.717) is 0 Å². The van der Waals surface area contributed by atoms with Crippen LogP contribution in [0, 0.1) is 5.92 Å². The van der Waals surface area contributed by atoms with Gasteiger partial charge >= 0.3 is 0 Å². The van der Waals surface area contributed by atoms with Crippen LogP contribution in [-0.2, 0) is 13.0 Å². The van der Waals surface area contributed by atoms with Crippen molar-refractivity contribution in [2.75, 3.05) is 32.7 Å². The lowest BCUT2D eigenvalue weighted by atomic mass is 9.99. The van der Waals surface area contributed by atoms with E-state index in [1.165, 1.54) is 18.4 Å². The normalized spacial score (nSPS) is 23.0. The Hall–Kier alpha value is -1.04. The molecule has 1 aromatic heterocycles. The number of hydrogen-bond donors (Lipinski definition) is 1. The summed E-state index contributed by atoms with van der Waals surface area (Å²) in [5.74, 6) is 0.844. The summed E-state index contributed by atoms with van der Waals surface area (Å²) >= 11 is 0. The van der Waals surface area contributed by atoms with E-state index < -0.39 is 0 Å². The average Bonchev–Trinajstić information content (AvgIpc) is 2.49. The highest BCUT2D eigenvalue weighted by molar-refractivity contribution is 5.18. The van der Waals surface area contributed by atoms with Crippen LogP contribution in [0.2, 0.25) is 0 Å². The number of aliphatic hydroxyl groups is 1. The van der Waals surface area contributed by atoms with Crippen LogP contribution >= 0.6 is 0 Å². The van der Waals surface area contributed by atoms with Gasteiger partial charge in [-0.2, -0.15) is 0 Å². The maximum Gasteiger partial charge on any atom is 0.115 e. The Morgan fingerprint density at radius 2 is 2.00 bits per heavy atom. The van der Waals surface area contributed by atoms with Crippen molar-refractivity contribution in [1.29, 1.82) is 0 Å². The molecule has 0 amide bonds. The zero-order valence-corrected chi connectivity index (χ0v) is 12.9. The first kappa shape index (κ1) is 14.9. The molecule has 1 N–H and O–H groups in total. The minimum Gasteiger partial charge on any atom is -0.390 e. The number of hydrogen-bond acceptors (Lipinski definition) is 5. The second kappa shape index (κ2) is 6.81. The lowest BCUT2D eigenvalue weighted by Crippen LogP contribution is -2.44. The van der Waals surface area contributed by atoms with Gasteiger partial charge in [0.1, 0.15) is 6.33 Å². The molecular formula is C16H26N4O. The van der Waals surface area contributed by atoms with Crippen molar-refractivity contribution in [3.63, 3.8) is 0 Å². The number of β-amino-alcohol motifs (C(OH)–C–C–N with tert-alkyl or cyclic N) is 1. The molecule has 1 saturated heterocycles. The zero-order valence-electron chi connectivity index (χ0n) is 12.9. The summed E-state index contributed by atoms with van der Waals surface area (Å²) in [5, 5.41) is 10.4. The molecule has 1 atom stereocenters. The van der Waals surface area contributed by atoms with Crippen molar-refractivity contribution < 1.29 is 5.11 Å². The third-order valence-corrected chi connectivity index (χ3v) is 4.77. The van der Waals surface area contributed by atoms with Crippen LogP contribution in [0.5, 0.6) is 0 Å². The van der Waals surface area contributed by atoms with Gasteiger partial charge in [-0.25, -0.2) is 9.97 Å². The van der Waals surface area contributed by atoms with E-state index in [2.05, 4.69) is 26.7 Å². The van der Waals surface area contributed by atoms with Crippen LogP contribution in [0.3, 0.4) is 0 Å². The van der Waals surface area contributed by atoms with Gasteiger partial charge in [0, 0.05) is 32.4 Å². The van der Waals surface area contributed by atoms with Crippen molar-refractivity contribution in [1.82, 2.24) is 19.8 Å². The first-order valence-corrected chi connectivity index (χ1v) is 8.11. The number of fused-ring (bicyclic) bond motifs is 1. The van der Waals surface area contributed by atoms with Crippen LogP contribution in [0.4, 0.5) is 0 Å². The molecule has 0 saturated carbocycles. The molecule has 5 nitrogen and oxygen atoms in total. The molecule has 1 fully saturated rings. The summed E-state index contributed by atoms with van der Waals surface area (Å²) in [6, 6.07) is 0. The summed E-state index contributed by atoms with van der Waals surface area (Å²) in [6.45, 7) is 7.97. The van der Waals surface area contributed by atoms with Crippen LogP contribution in [0.15, 0.2) is 12.5 Å². The van der Waals surface area contributed by atoms with Gasteiger partial charge in [0.15, 0.2) is 0 Å². The van der Waals surface area contributed by atoms with Gasteiger partial charge in [-0.15, -0.1) is 0 Å². The van der Waals surface area contributed by atoms with Crippen molar-refractivity contribution in [3.05, 3.63) is 23.8 Å². The molecule has 21 heavy (non-hydrogen) atoms. The van der Waals surface area contributed by atoms with E-state index in [4.69, 9.17) is 0 Å². The maximum absolute atomic E-state index is 10.4. The average molecular weight is 290 g/mol. The highest BCUT2D eigenvalue weighted by Gasteiger charge is 2.22. The lowest BCUT2D eigenvalue weighted by molar-refractivity contribution is 0.0571. The minimum atomic E-state index is -0.262.